The van der Waals surface area contributed by atoms with Gasteiger partial charge in [-0.05, 0) is 41.2 Å². The summed E-state index contributed by atoms with van der Waals surface area (Å²) in [6.45, 7) is 0. The first-order chi connectivity index (χ1) is 8.67. The van der Waals surface area contributed by atoms with Gasteiger partial charge in [-0.2, -0.15) is 0 Å². The van der Waals surface area contributed by atoms with E-state index in [4.69, 9.17) is 20.8 Å². The van der Waals surface area contributed by atoms with E-state index in [1.54, 1.807) is 19.6 Å². The van der Waals surface area contributed by atoms with Crippen LogP contribution in [0.1, 0.15) is 17.2 Å². The third-order valence-electron chi connectivity index (χ3n) is 2.72. The van der Waals surface area contributed by atoms with Crippen molar-refractivity contribution in [2.45, 2.75) is 6.04 Å². The van der Waals surface area contributed by atoms with Gasteiger partial charge in [0.25, 0.3) is 0 Å². The first-order valence-corrected chi connectivity index (χ1v) is 6.56. The van der Waals surface area contributed by atoms with E-state index in [0.29, 0.717) is 5.02 Å². The molecule has 96 valence electrons. The third-order valence-corrected chi connectivity index (χ3v) is 3.52. The highest BCUT2D eigenvalue weighted by molar-refractivity contribution is 9.10. The number of halogens is 2. The van der Waals surface area contributed by atoms with Crippen LogP contribution in [-0.4, -0.2) is 14.2 Å². The summed E-state index contributed by atoms with van der Waals surface area (Å²) >= 11 is 9.56. The molecule has 2 rings (SSSR count). The van der Waals surface area contributed by atoms with Crippen LogP contribution in [0.15, 0.2) is 39.6 Å². The van der Waals surface area contributed by atoms with Crippen molar-refractivity contribution in [2.75, 3.05) is 14.2 Å². The van der Waals surface area contributed by atoms with Gasteiger partial charge in [0.15, 0.2) is 0 Å². The number of ether oxygens (including phenoxy) is 1. The molecule has 0 spiro atoms. The fourth-order valence-corrected chi connectivity index (χ4v) is 2.95. The van der Waals surface area contributed by atoms with Crippen molar-refractivity contribution >= 4 is 27.5 Å². The maximum Gasteiger partial charge on any atom is 0.138 e. The van der Waals surface area contributed by atoms with Crippen LogP contribution in [0.5, 0.6) is 5.75 Å². The summed E-state index contributed by atoms with van der Waals surface area (Å²) in [5, 5.41) is 3.88. The van der Waals surface area contributed by atoms with Crippen LogP contribution in [-0.2, 0) is 0 Å². The van der Waals surface area contributed by atoms with Crippen molar-refractivity contribution in [3.8, 4) is 5.75 Å². The number of nitrogens with one attached hydrogen (secondary N) is 1. The Hall–Kier alpha value is -0.970. The summed E-state index contributed by atoms with van der Waals surface area (Å²) in [6, 6.07) is 5.58. The lowest BCUT2D eigenvalue weighted by Gasteiger charge is -2.19. The van der Waals surface area contributed by atoms with Crippen LogP contribution in [0, 0.1) is 0 Å². The van der Waals surface area contributed by atoms with Gasteiger partial charge in [-0.1, -0.05) is 11.6 Å². The number of hydrogen-bond acceptors (Lipinski definition) is 3. The highest BCUT2D eigenvalue weighted by atomic mass is 79.9. The lowest BCUT2D eigenvalue weighted by Crippen LogP contribution is -2.18. The molecule has 0 bridgehead atoms. The van der Waals surface area contributed by atoms with Gasteiger partial charge in [0.1, 0.15) is 5.75 Å². The first-order valence-electron chi connectivity index (χ1n) is 5.39. The van der Waals surface area contributed by atoms with Crippen molar-refractivity contribution in [2.24, 2.45) is 0 Å². The molecule has 1 aromatic carbocycles. The molecule has 0 amide bonds. The molecule has 0 radical (unpaired) electrons. The monoisotopic (exact) mass is 329 g/mol. The van der Waals surface area contributed by atoms with Crippen LogP contribution in [0.3, 0.4) is 0 Å². The lowest BCUT2D eigenvalue weighted by molar-refractivity contribution is 0.402. The molecule has 1 N–H and O–H groups in total. The van der Waals surface area contributed by atoms with Gasteiger partial charge in [0.05, 0.1) is 30.2 Å². The van der Waals surface area contributed by atoms with E-state index in [1.807, 2.05) is 25.2 Å². The number of furan rings is 1. The summed E-state index contributed by atoms with van der Waals surface area (Å²) in [5.41, 5.74) is 1.98. The maximum absolute atomic E-state index is 6.10. The lowest BCUT2D eigenvalue weighted by atomic mass is 10.0. The van der Waals surface area contributed by atoms with Crippen molar-refractivity contribution in [1.82, 2.24) is 5.32 Å². The molecule has 2 aromatic rings. The van der Waals surface area contributed by atoms with Crippen molar-refractivity contribution < 1.29 is 9.15 Å². The molecular formula is C13H13BrClNO2. The molecular weight excluding hydrogens is 318 g/mol. The van der Waals surface area contributed by atoms with Crippen LogP contribution in [0.4, 0.5) is 0 Å². The fourth-order valence-electron chi connectivity index (χ4n) is 1.95. The molecule has 0 saturated heterocycles. The van der Waals surface area contributed by atoms with Crippen molar-refractivity contribution in [3.05, 3.63) is 51.3 Å². The van der Waals surface area contributed by atoms with E-state index in [0.717, 1.165) is 21.3 Å². The predicted molar refractivity (Wildman–Crippen MR) is 75.3 cm³/mol. The Kier molecular flexibility index (Phi) is 4.32. The molecule has 0 aliphatic rings. The van der Waals surface area contributed by atoms with Crippen LogP contribution in [0.25, 0.3) is 0 Å². The Morgan fingerprint density at radius 2 is 2.22 bits per heavy atom. The number of methoxy groups -OCH3 is 1. The Morgan fingerprint density at radius 1 is 1.44 bits per heavy atom. The molecule has 0 fully saturated rings. The van der Waals surface area contributed by atoms with E-state index in [1.165, 1.54) is 0 Å². The normalized spacial score (nSPS) is 12.4. The molecule has 1 heterocycles. The van der Waals surface area contributed by atoms with Gasteiger partial charge in [-0.3, -0.25) is 0 Å². The van der Waals surface area contributed by atoms with E-state index in [9.17, 15) is 0 Å². The zero-order valence-corrected chi connectivity index (χ0v) is 12.4. The van der Waals surface area contributed by atoms with Gasteiger partial charge >= 0.3 is 0 Å². The Balaban J connectivity index is 2.54. The maximum atomic E-state index is 6.10. The molecule has 0 saturated carbocycles. The van der Waals surface area contributed by atoms with Crippen LogP contribution < -0.4 is 10.1 Å². The van der Waals surface area contributed by atoms with Gasteiger partial charge in [0.2, 0.25) is 0 Å². The molecule has 5 heteroatoms. The van der Waals surface area contributed by atoms with Gasteiger partial charge < -0.3 is 14.5 Å². The Bertz CT molecular complexity index is 528. The quantitative estimate of drug-likeness (QED) is 0.919. The fraction of sp³-hybridized carbons (Fsp3) is 0.231. The molecule has 1 atom stereocenters. The Labute approximate surface area is 119 Å². The highest BCUT2D eigenvalue weighted by Gasteiger charge is 2.20. The van der Waals surface area contributed by atoms with E-state index < -0.39 is 0 Å². The molecule has 0 aliphatic heterocycles. The van der Waals surface area contributed by atoms with Gasteiger partial charge in [-0.15, -0.1) is 0 Å². The van der Waals surface area contributed by atoms with Crippen LogP contribution >= 0.6 is 27.5 Å². The summed E-state index contributed by atoms with van der Waals surface area (Å²) in [4.78, 5) is 0. The molecule has 18 heavy (non-hydrogen) atoms. The zero-order valence-electron chi connectivity index (χ0n) is 10.0. The second-order valence-electron chi connectivity index (χ2n) is 3.79. The van der Waals surface area contributed by atoms with E-state index >= 15 is 0 Å². The minimum absolute atomic E-state index is 0.0336. The van der Waals surface area contributed by atoms with Crippen molar-refractivity contribution in [1.29, 1.82) is 0 Å². The topological polar surface area (TPSA) is 34.4 Å². The van der Waals surface area contributed by atoms with Crippen molar-refractivity contribution in [3.63, 3.8) is 0 Å². The summed E-state index contributed by atoms with van der Waals surface area (Å²) < 4.78 is 11.4. The Morgan fingerprint density at radius 3 is 2.78 bits per heavy atom. The smallest absolute Gasteiger partial charge is 0.138 e. The second kappa shape index (κ2) is 5.78. The van der Waals surface area contributed by atoms with Gasteiger partial charge in [0, 0.05) is 16.1 Å². The zero-order chi connectivity index (χ0) is 13.1. The number of hydrogen-bond donors (Lipinski definition) is 1. The minimum Gasteiger partial charge on any atom is -0.495 e. The summed E-state index contributed by atoms with van der Waals surface area (Å²) in [6.07, 6.45) is 3.35. The SMILES string of the molecule is CNC(c1ccoc1)c1cc(Cl)cc(Br)c1OC. The largest absolute Gasteiger partial charge is 0.495 e. The molecule has 1 unspecified atom stereocenters. The second-order valence-corrected chi connectivity index (χ2v) is 5.08. The summed E-state index contributed by atoms with van der Waals surface area (Å²) in [5.74, 6) is 0.764. The van der Waals surface area contributed by atoms with Crippen LogP contribution in [0.2, 0.25) is 5.02 Å². The highest BCUT2D eigenvalue weighted by Crippen LogP contribution is 2.38. The number of rotatable bonds is 4. The average Bonchev–Trinajstić information content (AvgIpc) is 2.83. The summed E-state index contributed by atoms with van der Waals surface area (Å²) in [7, 11) is 3.52. The molecule has 1 aromatic heterocycles. The van der Waals surface area contributed by atoms with Gasteiger partial charge in [-0.25, -0.2) is 0 Å². The average molecular weight is 331 g/mol. The van der Waals surface area contributed by atoms with E-state index in [2.05, 4.69) is 21.2 Å². The molecule has 0 aliphatic carbocycles. The standard InChI is InChI=1S/C13H13BrClNO2/c1-16-12(8-3-4-18-7-8)10-5-9(15)6-11(14)13(10)17-2/h3-7,12,16H,1-2H3. The number of benzene rings is 1. The molecule has 3 nitrogen and oxygen atoms in total. The van der Waals surface area contributed by atoms with E-state index in [-0.39, 0.29) is 6.04 Å². The first kappa shape index (κ1) is 13.5. The predicted octanol–water partition coefficient (Wildman–Crippen LogP) is 4.01. The third kappa shape index (κ3) is 2.55. The minimum atomic E-state index is -0.0336.